The topological polar surface area (TPSA) is 4.93 Å². The Hall–Kier alpha value is -6.98. The molecule has 5 heteroatoms. The van der Waals surface area contributed by atoms with Crippen LogP contribution in [-0.4, -0.2) is 4.57 Å². The van der Waals surface area contributed by atoms with Gasteiger partial charge in [0.15, 0.2) is 0 Å². The van der Waals surface area contributed by atoms with E-state index >= 15 is 0 Å². The van der Waals surface area contributed by atoms with Crippen LogP contribution in [0.2, 0.25) is 0 Å². The lowest BCUT2D eigenvalue weighted by atomic mass is 9.85. The molecule has 0 bridgehead atoms. The average Bonchev–Trinajstić information content (AvgIpc) is 3.72. The number of aryl methyl sites for hydroxylation is 2. The summed E-state index contributed by atoms with van der Waals surface area (Å²) >= 11 is 0. The molecule has 1 atom stereocenters. The molecule has 0 saturated carbocycles. The number of nitrogens with zero attached hydrogens (tertiary/aromatic N) is 1. The zero-order chi connectivity index (χ0) is 41.6. The lowest BCUT2D eigenvalue weighted by molar-refractivity contribution is -0.137. The number of alkyl halides is 3. The van der Waals surface area contributed by atoms with Crippen molar-refractivity contribution in [2.24, 2.45) is 0 Å². The smallest absolute Gasteiger partial charge is 0.336 e. The average molecular weight is 802 g/mol. The molecule has 0 saturated heterocycles. The summed E-state index contributed by atoms with van der Waals surface area (Å²) in [4.78, 5) is 0. The molecular weight excluding hydrogens is 763 g/mol. The second-order valence-electron chi connectivity index (χ2n) is 16.7. The van der Waals surface area contributed by atoms with E-state index in [4.69, 9.17) is 0 Å². The summed E-state index contributed by atoms with van der Waals surface area (Å²) in [5.74, 6) is -0.273. The van der Waals surface area contributed by atoms with Gasteiger partial charge in [0.25, 0.3) is 0 Å². The van der Waals surface area contributed by atoms with E-state index in [1.165, 1.54) is 34.0 Å². The largest absolute Gasteiger partial charge is 0.416 e. The van der Waals surface area contributed by atoms with Gasteiger partial charge in [-0.15, -0.1) is 0 Å². The molecule has 0 spiro atoms. The Kier molecular flexibility index (Phi) is 8.54. The van der Waals surface area contributed by atoms with Gasteiger partial charge in [-0.25, -0.2) is 4.39 Å². The number of hydrogen-bond donors (Lipinski definition) is 0. The molecule has 1 aliphatic rings. The van der Waals surface area contributed by atoms with E-state index in [1.54, 1.807) is 18.2 Å². The van der Waals surface area contributed by atoms with E-state index in [9.17, 15) is 17.6 Å². The molecule has 11 rings (SSSR count). The Balaban J connectivity index is 0.950. The van der Waals surface area contributed by atoms with Crippen LogP contribution in [0.25, 0.3) is 76.7 Å². The van der Waals surface area contributed by atoms with E-state index < -0.39 is 11.7 Å². The van der Waals surface area contributed by atoms with Crippen LogP contribution in [0.3, 0.4) is 0 Å². The maximum Gasteiger partial charge on any atom is 0.416 e. The van der Waals surface area contributed by atoms with Crippen molar-refractivity contribution in [3.05, 3.63) is 215 Å². The van der Waals surface area contributed by atoms with Crippen LogP contribution in [0.1, 0.15) is 44.9 Å². The van der Waals surface area contributed by atoms with E-state index in [1.807, 2.05) is 19.1 Å². The summed E-state index contributed by atoms with van der Waals surface area (Å²) in [7, 11) is 0. The van der Waals surface area contributed by atoms with Gasteiger partial charge in [-0.05, 0) is 140 Å². The van der Waals surface area contributed by atoms with Gasteiger partial charge in [-0.3, -0.25) is 0 Å². The maximum absolute atomic E-state index is 14.4. The summed E-state index contributed by atoms with van der Waals surface area (Å²) in [6, 6.07) is 56.7. The zero-order valence-electron chi connectivity index (χ0n) is 33.6. The first-order valence-electron chi connectivity index (χ1n) is 20.7. The highest BCUT2D eigenvalue weighted by molar-refractivity contribution is 6.21. The van der Waals surface area contributed by atoms with Gasteiger partial charge in [0.2, 0.25) is 0 Å². The minimum absolute atomic E-state index is 0.0399. The number of aromatic nitrogens is 1. The van der Waals surface area contributed by atoms with E-state index in [-0.39, 0.29) is 11.7 Å². The van der Waals surface area contributed by atoms with Crippen molar-refractivity contribution in [2.75, 3.05) is 0 Å². The second-order valence-corrected chi connectivity index (χ2v) is 16.7. The van der Waals surface area contributed by atoms with Crippen LogP contribution in [0.5, 0.6) is 0 Å². The molecular formula is C56H39F4N. The highest BCUT2D eigenvalue weighted by atomic mass is 19.4. The number of fused-ring (bicyclic) bond motifs is 8. The number of halogens is 4. The number of hydrogen-bond acceptors (Lipinski definition) is 0. The fraction of sp³-hybridized carbons (Fsp3) is 0.107. The summed E-state index contributed by atoms with van der Waals surface area (Å²) < 4.78 is 58.1. The zero-order valence-corrected chi connectivity index (χ0v) is 33.6. The van der Waals surface area contributed by atoms with E-state index in [0.29, 0.717) is 18.5 Å². The molecule has 1 aliphatic carbocycles. The van der Waals surface area contributed by atoms with Crippen molar-refractivity contribution in [1.29, 1.82) is 0 Å². The molecule has 0 N–H and O–H groups in total. The fourth-order valence-corrected chi connectivity index (χ4v) is 9.98. The summed E-state index contributed by atoms with van der Waals surface area (Å²) in [6.07, 6.45) is -3.72. The standard InChI is InChI=1S/C56H39F4N/c1-33-11-23-41-47(27-33)49-30-39(56(58,59)60)21-24-42(49)48(41)29-35-13-17-37(18-14-35)54-43-7-3-5-9-45(43)55(46-10-6-4-8-44(46)54)38-19-15-36(16-20-38)32-61-52-25-12-34(2)28-50(52)51-31-40(57)22-26-53(51)61/h3-28,30-31,48H,29,32H2,1-2H3. The highest BCUT2D eigenvalue weighted by Gasteiger charge is 2.35. The van der Waals surface area contributed by atoms with Crippen LogP contribution < -0.4 is 0 Å². The third-order valence-corrected chi connectivity index (χ3v) is 12.8. The first-order chi connectivity index (χ1) is 29.6. The third-order valence-electron chi connectivity index (χ3n) is 12.8. The molecule has 9 aromatic carbocycles. The fourth-order valence-electron chi connectivity index (χ4n) is 9.98. The Labute approximate surface area is 351 Å². The molecule has 1 aromatic heterocycles. The van der Waals surface area contributed by atoms with Crippen molar-refractivity contribution in [2.45, 2.75) is 38.9 Å². The number of benzene rings is 9. The molecule has 10 aromatic rings. The second kappa shape index (κ2) is 14.1. The Morgan fingerprint density at radius 1 is 0.475 bits per heavy atom. The van der Waals surface area contributed by atoms with Gasteiger partial charge in [0, 0.05) is 34.3 Å². The summed E-state index contributed by atoms with van der Waals surface area (Å²) in [5, 5.41) is 6.64. The van der Waals surface area contributed by atoms with Gasteiger partial charge >= 0.3 is 6.18 Å². The Bertz CT molecular complexity index is 3260. The van der Waals surface area contributed by atoms with Crippen molar-refractivity contribution < 1.29 is 17.6 Å². The minimum atomic E-state index is -4.40. The van der Waals surface area contributed by atoms with Crippen LogP contribution in [0.4, 0.5) is 17.6 Å². The molecule has 296 valence electrons. The van der Waals surface area contributed by atoms with E-state index in [0.717, 1.165) is 82.6 Å². The predicted molar refractivity (Wildman–Crippen MR) is 243 cm³/mol. The van der Waals surface area contributed by atoms with Crippen molar-refractivity contribution in [3.63, 3.8) is 0 Å². The molecule has 1 nitrogen and oxygen atoms in total. The van der Waals surface area contributed by atoms with Crippen LogP contribution in [0.15, 0.2) is 170 Å². The molecule has 61 heavy (non-hydrogen) atoms. The van der Waals surface area contributed by atoms with Crippen molar-refractivity contribution >= 4 is 43.4 Å². The molecule has 0 radical (unpaired) electrons. The monoisotopic (exact) mass is 801 g/mol. The summed E-state index contributed by atoms with van der Waals surface area (Å²) in [5.41, 5.74) is 14.1. The number of rotatable bonds is 6. The quantitative estimate of drug-likeness (QED) is 0.117. The predicted octanol–water partition coefficient (Wildman–Crippen LogP) is 15.6. The van der Waals surface area contributed by atoms with Gasteiger partial charge in [0.05, 0.1) is 5.56 Å². The SMILES string of the molecule is Cc1ccc2c(c1)-c1cc(C(F)(F)F)ccc1C2Cc1ccc(-c2c3ccccc3c(-c3ccc(Cn4c5ccc(C)cc5c5cc(F)ccc54)cc3)c3ccccc23)cc1. The Morgan fingerprint density at radius 2 is 0.967 bits per heavy atom. The lowest BCUT2D eigenvalue weighted by Gasteiger charge is -2.19. The third kappa shape index (κ3) is 6.21. The molecule has 1 unspecified atom stereocenters. The van der Waals surface area contributed by atoms with Crippen LogP contribution >= 0.6 is 0 Å². The summed E-state index contributed by atoms with van der Waals surface area (Å²) in [6.45, 7) is 4.71. The highest BCUT2D eigenvalue weighted by Crippen LogP contribution is 2.49. The van der Waals surface area contributed by atoms with Crippen LogP contribution in [0, 0.1) is 19.7 Å². The Morgan fingerprint density at radius 3 is 1.56 bits per heavy atom. The van der Waals surface area contributed by atoms with Gasteiger partial charge in [-0.2, -0.15) is 13.2 Å². The first kappa shape index (κ1) is 37.1. The van der Waals surface area contributed by atoms with Crippen molar-refractivity contribution in [1.82, 2.24) is 4.57 Å². The lowest BCUT2D eigenvalue weighted by Crippen LogP contribution is -2.06. The molecule has 1 heterocycles. The molecule has 0 amide bonds. The molecule has 0 aliphatic heterocycles. The van der Waals surface area contributed by atoms with Gasteiger partial charge in [0.1, 0.15) is 5.82 Å². The molecule has 0 fully saturated rings. The first-order valence-corrected chi connectivity index (χ1v) is 20.7. The van der Waals surface area contributed by atoms with Crippen molar-refractivity contribution in [3.8, 4) is 33.4 Å². The minimum Gasteiger partial charge on any atom is -0.336 e. The van der Waals surface area contributed by atoms with Gasteiger partial charge in [-0.1, -0.05) is 139 Å². The van der Waals surface area contributed by atoms with Gasteiger partial charge < -0.3 is 4.57 Å². The maximum atomic E-state index is 14.4. The van der Waals surface area contributed by atoms with E-state index in [2.05, 4.69) is 139 Å². The normalized spacial score (nSPS) is 13.7. The van der Waals surface area contributed by atoms with Crippen LogP contribution in [-0.2, 0) is 19.1 Å².